The maximum atomic E-state index is 12.9. The smallest absolute Gasteiger partial charge is 0.126 e. The number of halogens is 2. The first-order valence-corrected chi connectivity index (χ1v) is 7.23. The Kier molecular flexibility index (Phi) is 7.65. The van der Waals surface area contributed by atoms with Crippen LogP contribution in [0.25, 0.3) is 0 Å². The van der Waals surface area contributed by atoms with Crippen LogP contribution in [0.1, 0.15) is 51.5 Å². The van der Waals surface area contributed by atoms with Crippen LogP contribution in [0, 0.1) is 17.6 Å². The van der Waals surface area contributed by atoms with Gasteiger partial charge >= 0.3 is 0 Å². The van der Waals surface area contributed by atoms with Gasteiger partial charge in [-0.05, 0) is 36.6 Å². The van der Waals surface area contributed by atoms with E-state index < -0.39 is 11.6 Å². The van der Waals surface area contributed by atoms with Crippen molar-refractivity contribution in [2.24, 2.45) is 5.92 Å². The summed E-state index contributed by atoms with van der Waals surface area (Å²) in [5.74, 6) is -0.225. The minimum atomic E-state index is -0.509. The Morgan fingerprint density at radius 1 is 0.947 bits per heavy atom. The molecule has 0 radical (unpaired) electrons. The van der Waals surface area contributed by atoms with Crippen molar-refractivity contribution in [2.45, 2.75) is 52.5 Å². The minimum Gasteiger partial charge on any atom is -0.313 e. The standard InChI is InChI=1S/C16H25F2N/c1-13(2)7-5-3-4-6-8-19-12-14-9-15(17)11-16(18)10-14/h9-11,13,19H,3-8,12H2,1-2H3. The summed E-state index contributed by atoms with van der Waals surface area (Å²) >= 11 is 0. The van der Waals surface area contributed by atoms with E-state index in [4.69, 9.17) is 0 Å². The van der Waals surface area contributed by atoms with E-state index in [0.29, 0.717) is 12.1 Å². The van der Waals surface area contributed by atoms with Crippen molar-refractivity contribution in [1.82, 2.24) is 5.32 Å². The summed E-state index contributed by atoms with van der Waals surface area (Å²) in [4.78, 5) is 0. The average molecular weight is 269 g/mol. The number of unbranched alkanes of at least 4 members (excludes halogenated alkanes) is 3. The van der Waals surface area contributed by atoms with Crippen LogP contribution in [-0.2, 0) is 6.54 Å². The van der Waals surface area contributed by atoms with E-state index in [0.717, 1.165) is 24.9 Å². The number of rotatable bonds is 9. The first kappa shape index (κ1) is 16.1. The highest BCUT2D eigenvalue weighted by Crippen LogP contribution is 2.10. The third-order valence-corrected chi connectivity index (χ3v) is 3.14. The van der Waals surface area contributed by atoms with E-state index in [1.807, 2.05) is 0 Å². The zero-order valence-electron chi connectivity index (χ0n) is 12.0. The van der Waals surface area contributed by atoms with Gasteiger partial charge in [0.1, 0.15) is 11.6 Å². The van der Waals surface area contributed by atoms with Crippen molar-refractivity contribution in [3.63, 3.8) is 0 Å². The molecule has 0 aliphatic rings. The second-order valence-electron chi connectivity index (χ2n) is 5.55. The lowest BCUT2D eigenvalue weighted by molar-refractivity contribution is 0.511. The second-order valence-corrected chi connectivity index (χ2v) is 5.55. The van der Waals surface area contributed by atoms with E-state index in [1.54, 1.807) is 0 Å². The van der Waals surface area contributed by atoms with Crippen LogP contribution in [0.4, 0.5) is 8.78 Å². The van der Waals surface area contributed by atoms with Gasteiger partial charge in [0, 0.05) is 12.6 Å². The van der Waals surface area contributed by atoms with Gasteiger partial charge in [-0.2, -0.15) is 0 Å². The van der Waals surface area contributed by atoms with Crippen LogP contribution in [0.5, 0.6) is 0 Å². The topological polar surface area (TPSA) is 12.0 Å². The van der Waals surface area contributed by atoms with Gasteiger partial charge in [-0.3, -0.25) is 0 Å². The third kappa shape index (κ3) is 7.93. The molecule has 0 aromatic heterocycles. The van der Waals surface area contributed by atoms with Gasteiger partial charge in [-0.15, -0.1) is 0 Å². The molecule has 0 heterocycles. The van der Waals surface area contributed by atoms with Gasteiger partial charge in [0.25, 0.3) is 0 Å². The zero-order chi connectivity index (χ0) is 14.1. The Morgan fingerprint density at radius 3 is 2.21 bits per heavy atom. The molecule has 3 heteroatoms. The number of benzene rings is 1. The fraction of sp³-hybridized carbons (Fsp3) is 0.625. The van der Waals surface area contributed by atoms with Gasteiger partial charge in [0.05, 0.1) is 0 Å². The Balaban J connectivity index is 2.04. The highest BCUT2D eigenvalue weighted by atomic mass is 19.1. The summed E-state index contributed by atoms with van der Waals surface area (Å²) in [6.45, 7) is 5.93. The molecule has 1 rings (SSSR count). The van der Waals surface area contributed by atoms with E-state index in [-0.39, 0.29) is 0 Å². The van der Waals surface area contributed by atoms with Crippen molar-refractivity contribution in [3.05, 3.63) is 35.4 Å². The van der Waals surface area contributed by atoms with Gasteiger partial charge < -0.3 is 5.32 Å². The lowest BCUT2D eigenvalue weighted by Crippen LogP contribution is -2.14. The molecular formula is C16H25F2N. The Morgan fingerprint density at radius 2 is 1.58 bits per heavy atom. The fourth-order valence-corrected chi connectivity index (χ4v) is 2.10. The van der Waals surface area contributed by atoms with Crippen molar-refractivity contribution >= 4 is 0 Å². The molecule has 1 aromatic carbocycles. The predicted octanol–water partition coefficient (Wildman–Crippen LogP) is 4.66. The second kappa shape index (κ2) is 9.03. The SMILES string of the molecule is CC(C)CCCCCCNCc1cc(F)cc(F)c1. The molecule has 0 saturated carbocycles. The quantitative estimate of drug-likeness (QED) is 0.643. The summed E-state index contributed by atoms with van der Waals surface area (Å²) in [7, 11) is 0. The van der Waals surface area contributed by atoms with Crippen LogP contribution in [0.2, 0.25) is 0 Å². The maximum absolute atomic E-state index is 12.9. The third-order valence-electron chi connectivity index (χ3n) is 3.14. The molecule has 0 aliphatic carbocycles. The average Bonchev–Trinajstić information content (AvgIpc) is 2.31. The van der Waals surface area contributed by atoms with Gasteiger partial charge in [-0.25, -0.2) is 8.78 Å². The molecule has 1 N–H and O–H groups in total. The first-order chi connectivity index (χ1) is 9.08. The van der Waals surface area contributed by atoms with Crippen molar-refractivity contribution in [3.8, 4) is 0 Å². The molecule has 0 spiro atoms. The van der Waals surface area contributed by atoms with E-state index in [1.165, 1.54) is 37.8 Å². The predicted molar refractivity (Wildman–Crippen MR) is 76.0 cm³/mol. The van der Waals surface area contributed by atoms with Crippen LogP contribution in [-0.4, -0.2) is 6.54 Å². The zero-order valence-corrected chi connectivity index (χ0v) is 12.0. The highest BCUT2D eigenvalue weighted by molar-refractivity contribution is 5.17. The molecule has 0 bridgehead atoms. The Labute approximate surface area is 115 Å². The molecule has 0 amide bonds. The van der Waals surface area contributed by atoms with Crippen molar-refractivity contribution in [1.29, 1.82) is 0 Å². The molecule has 0 fully saturated rings. The maximum Gasteiger partial charge on any atom is 0.126 e. The molecule has 0 unspecified atom stereocenters. The normalized spacial score (nSPS) is 11.2. The Hall–Kier alpha value is -0.960. The van der Waals surface area contributed by atoms with Gasteiger partial charge in [0.15, 0.2) is 0 Å². The highest BCUT2D eigenvalue weighted by Gasteiger charge is 2.00. The summed E-state index contributed by atoms with van der Waals surface area (Å²) < 4.78 is 25.9. The largest absolute Gasteiger partial charge is 0.313 e. The molecule has 1 aromatic rings. The van der Waals surface area contributed by atoms with Crippen LogP contribution in [0.3, 0.4) is 0 Å². The van der Waals surface area contributed by atoms with E-state index >= 15 is 0 Å². The first-order valence-electron chi connectivity index (χ1n) is 7.23. The summed E-state index contributed by atoms with van der Waals surface area (Å²) in [5.41, 5.74) is 0.664. The van der Waals surface area contributed by atoms with Crippen molar-refractivity contribution < 1.29 is 8.78 Å². The molecule has 19 heavy (non-hydrogen) atoms. The summed E-state index contributed by atoms with van der Waals surface area (Å²) in [6.07, 6.45) is 6.21. The number of hydrogen-bond acceptors (Lipinski definition) is 1. The molecule has 108 valence electrons. The van der Waals surface area contributed by atoms with Crippen LogP contribution < -0.4 is 5.32 Å². The minimum absolute atomic E-state index is 0.509. The summed E-state index contributed by atoms with van der Waals surface area (Å²) in [6, 6.07) is 3.65. The van der Waals surface area contributed by atoms with Crippen LogP contribution in [0.15, 0.2) is 18.2 Å². The molecule has 1 nitrogen and oxygen atoms in total. The molecule has 0 saturated heterocycles. The molecule has 0 atom stereocenters. The van der Waals surface area contributed by atoms with E-state index in [2.05, 4.69) is 19.2 Å². The fourth-order valence-electron chi connectivity index (χ4n) is 2.10. The van der Waals surface area contributed by atoms with E-state index in [9.17, 15) is 8.78 Å². The Bertz CT molecular complexity index is 344. The molecule has 0 aliphatic heterocycles. The molecular weight excluding hydrogens is 244 g/mol. The number of nitrogens with one attached hydrogen (secondary N) is 1. The lowest BCUT2D eigenvalue weighted by Gasteiger charge is -2.06. The number of hydrogen-bond donors (Lipinski definition) is 1. The van der Waals surface area contributed by atoms with Gasteiger partial charge in [-0.1, -0.05) is 39.5 Å². The lowest BCUT2D eigenvalue weighted by atomic mass is 10.0. The monoisotopic (exact) mass is 269 g/mol. The van der Waals surface area contributed by atoms with Gasteiger partial charge in [0.2, 0.25) is 0 Å². The summed E-state index contributed by atoms with van der Waals surface area (Å²) in [5, 5.41) is 3.22. The van der Waals surface area contributed by atoms with Crippen molar-refractivity contribution in [2.75, 3.05) is 6.54 Å². The van der Waals surface area contributed by atoms with Crippen LogP contribution >= 0.6 is 0 Å².